The van der Waals surface area contributed by atoms with Crippen molar-refractivity contribution in [3.05, 3.63) is 12.2 Å². The number of hydrogen-bond acceptors (Lipinski definition) is 5. The third-order valence-corrected chi connectivity index (χ3v) is 13.3. The number of esters is 1. The zero-order chi connectivity index (χ0) is 27.3. The van der Waals surface area contributed by atoms with Crippen molar-refractivity contribution >= 4 is 11.9 Å². The Morgan fingerprint density at radius 1 is 1.00 bits per heavy atom. The SMILES string of the molecule is CC(=O)O[C@@H]1C[C@@]2(C)[C@@H]3C=C[C@H]4[C@@](C)(CO)[C@@H](N(C)C)CC[C@@]45C[C@@]35CC[C@]2(C)[C@H]1[C@H](C)N(C)C(C)=O. The number of aliphatic hydroxyl groups is 1. The second-order valence-electron chi connectivity index (χ2n) is 14.6. The van der Waals surface area contributed by atoms with Crippen LogP contribution in [0.3, 0.4) is 0 Å². The van der Waals surface area contributed by atoms with Crippen molar-refractivity contribution < 1.29 is 19.4 Å². The molecule has 4 fully saturated rings. The molecule has 0 aliphatic heterocycles. The summed E-state index contributed by atoms with van der Waals surface area (Å²) < 4.78 is 6.08. The fraction of sp³-hybridized carbons (Fsp3) is 0.871. The molecular weight excluding hydrogens is 464 g/mol. The van der Waals surface area contributed by atoms with Crippen molar-refractivity contribution in [2.24, 2.45) is 44.8 Å². The summed E-state index contributed by atoms with van der Waals surface area (Å²) in [6.07, 6.45) is 11.6. The summed E-state index contributed by atoms with van der Waals surface area (Å²) in [5.41, 5.74) is 0.304. The molecule has 2 spiro atoms. The number of nitrogens with zero attached hydrogens (tertiary/aromatic N) is 2. The first-order chi connectivity index (χ1) is 17.1. The minimum Gasteiger partial charge on any atom is -0.462 e. The van der Waals surface area contributed by atoms with Crippen LogP contribution in [0.15, 0.2) is 12.2 Å². The predicted octanol–water partition coefficient (Wildman–Crippen LogP) is 4.51. The lowest BCUT2D eigenvalue weighted by Crippen LogP contribution is -2.60. The number of allylic oxidation sites excluding steroid dienone is 2. The molecule has 0 aromatic rings. The molecule has 6 nitrogen and oxygen atoms in total. The first kappa shape index (κ1) is 27.2. The lowest BCUT2D eigenvalue weighted by Gasteiger charge is -2.62. The molecule has 6 heteroatoms. The first-order valence-electron chi connectivity index (χ1n) is 14.5. The lowest BCUT2D eigenvalue weighted by molar-refractivity contribution is -0.152. The summed E-state index contributed by atoms with van der Waals surface area (Å²) in [6, 6.07) is 0.369. The van der Waals surface area contributed by atoms with E-state index in [1.807, 2.05) is 11.9 Å². The van der Waals surface area contributed by atoms with Crippen LogP contribution in [-0.2, 0) is 14.3 Å². The Kier molecular flexibility index (Phi) is 6.10. The minimum atomic E-state index is -0.226. The third-order valence-electron chi connectivity index (χ3n) is 13.3. The fourth-order valence-corrected chi connectivity index (χ4v) is 11.3. The van der Waals surface area contributed by atoms with Gasteiger partial charge in [0.2, 0.25) is 5.91 Å². The van der Waals surface area contributed by atoms with Crippen molar-refractivity contribution in [3.8, 4) is 0 Å². The molecule has 11 atom stereocenters. The van der Waals surface area contributed by atoms with Crippen LogP contribution in [-0.4, -0.2) is 72.7 Å². The van der Waals surface area contributed by atoms with Crippen molar-refractivity contribution in [3.63, 3.8) is 0 Å². The topological polar surface area (TPSA) is 70.1 Å². The summed E-state index contributed by atoms with van der Waals surface area (Å²) in [7, 11) is 6.21. The van der Waals surface area contributed by atoms with Gasteiger partial charge in [-0.2, -0.15) is 0 Å². The van der Waals surface area contributed by atoms with Crippen LogP contribution in [0.1, 0.15) is 80.1 Å². The molecule has 0 unspecified atom stereocenters. The summed E-state index contributed by atoms with van der Waals surface area (Å²) >= 11 is 0. The van der Waals surface area contributed by atoms with Crippen molar-refractivity contribution in [1.29, 1.82) is 0 Å². The first-order valence-corrected chi connectivity index (χ1v) is 14.5. The van der Waals surface area contributed by atoms with E-state index in [9.17, 15) is 14.7 Å². The Morgan fingerprint density at radius 2 is 1.62 bits per heavy atom. The van der Waals surface area contributed by atoms with Gasteiger partial charge in [-0.3, -0.25) is 9.59 Å². The fourth-order valence-electron chi connectivity index (χ4n) is 11.3. The smallest absolute Gasteiger partial charge is 0.302 e. The van der Waals surface area contributed by atoms with E-state index >= 15 is 0 Å². The van der Waals surface area contributed by atoms with Crippen LogP contribution >= 0.6 is 0 Å². The van der Waals surface area contributed by atoms with Gasteiger partial charge >= 0.3 is 5.97 Å². The molecule has 1 amide bonds. The maximum absolute atomic E-state index is 12.4. The zero-order valence-electron chi connectivity index (χ0n) is 24.6. The number of ether oxygens (including phenoxy) is 1. The zero-order valence-corrected chi connectivity index (χ0v) is 24.6. The third kappa shape index (κ3) is 3.24. The van der Waals surface area contributed by atoms with Crippen LogP contribution in [0.5, 0.6) is 0 Å². The maximum atomic E-state index is 12.4. The highest BCUT2D eigenvalue weighted by Crippen LogP contribution is 2.87. The van der Waals surface area contributed by atoms with Gasteiger partial charge in [0, 0.05) is 44.3 Å². The molecule has 0 bridgehead atoms. The quantitative estimate of drug-likeness (QED) is 0.432. The van der Waals surface area contributed by atoms with E-state index in [4.69, 9.17) is 4.74 Å². The van der Waals surface area contributed by atoms with Gasteiger partial charge in [-0.1, -0.05) is 32.9 Å². The van der Waals surface area contributed by atoms with E-state index in [-0.39, 0.29) is 63.6 Å². The van der Waals surface area contributed by atoms with Gasteiger partial charge < -0.3 is 19.6 Å². The molecule has 5 aliphatic rings. The molecule has 5 rings (SSSR count). The Bertz CT molecular complexity index is 1010. The summed E-state index contributed by atoms with van der Waals surface area (Å²) in [4.78, 5) is 28.9. The standard InChI is InChI=1S/C31H50N2O4/c1-19(33(9)20(2)35)26-22(37-21(3)36)16-29(6)24-11-10-23-27(4,18-34)25(32(7)8)12-13-30(23)17-31(24,30)15-14-28(26,29)5/h10-11,19,22-26,34H,12-18H2,1-9H3/t19-,22+,23-,24-,25-,26-,27+,28+,29-,30+,31-/m0/s1. The van der Waals surface area contributed by atoms with Crippen LogP contribution in [0, 0.1) is 44.8 Å². The molecule has 1 N–H and O–H groups in total. The molecule has 4 saturated carbocycles. The predicted molar refractivity (Wildman–Crippen MR) is 145 cm³/mol. The van der Waals surface area contributed by atoms with E-state index in [1.165, 1.54) is 26.2 Å². The largest absolute Gasteiger partial charge is 0.462 e. The number of hydrogen-bond donors (Lipinski definition) is 1. The van der Waals surface area contributed by atoms with Gasteiger partial charge in [-0.05, 0) is 93.0 Å². The van der Waals surface area contributed by atoms with Gasteiger partial charge in [0.05, 0.1) is 6.61 Å². The lowest BCUT2D eigenvalue weighted by atomic mass is 9.43. The number of carbonyl (C=O) groups excluding carboxylic acids is 2. The normalized spacial score (nSPS) is 50.4. The summed E-state index contributed by atoms with van der Waals surface area (Å²) in [5.74, 6) is 0.740. The Morgan fingerprint density at radius 3 is 2.19 bits per heavy atom. The number of fused-ring (bicyclic) bond motifs is 2. The van der Waals surface area contributed by atoms with Gasteiger partial charge in [0.15, 0.2) is 0 Å². The second kappa shape index (κ2) is 8.30. The monoisotopic (exact) mass is 514 g/mol. The number of carbonyl (C=O) groups is 2. The molecule has 0 radical (unpaired) electrons. The minimum absolute atomic E-state index is 0.00980. The van der Waals surface area contributed by atoms with E-state index < -0.39 is 0 Å². The van der Waals surface area contributed by atoms with Crippen LogP contribution in [0.25, 0.3) is 0 Å². The molecule has 37 heavy (non-hydrogen) atoms. The van der Waals surface area contributed by atoms with Crippen molar-refractivity contribution in [2.75, 3.05) is 27.7 Å². The highest BCUT2D eigenvalue weighted by atomic mass is 16.5. The van der Waals surface area contributed by atoms with E-state index in [0.29, 0.717) is 17.9 Å². The van der Waals surface area contributed by atoms with Gasteiger partial charge in [-0.15, -0.1) is 0 Å². The molecule has 0 saturated heterocycles. The molecule has 5 aliphatic carbocycles. The van der Waals surface area contributed by atoms with E-state index in [1.54, 1.807) is 6.92 Å². The summed E-state index contributed by atoms with van der Waals surface area (Å²) in [5, 5.41) is 10.7. The highest BCUT2D eigenvalue weighted by Gasteiger charge is 2.82. The molecule has 0 aromatic carbocycles. The van der Waals surface area contributed by atoms with Crippen molar-refractivity contribution in [2.45, 2.75) is 98.3 Å². The van der Waals surface area contributed by atoms with E-state index in [0.717, 1.165) is 19.3 Å². The summed E-state index contributed by atoms with van der Waals surface area (Å²) in [6.45, 7) is 12.7. The Hall–Kier alpha value is -1.40. The van der Waals surface area contributed by atoms with Crippen LogP contribution in [0.2, 0.25) is 0 Å². The molecule has 208 valence electrons. The van der Waals surface area contributed by atoms with Crippen molar-refractivity contribution in [1.82, 2.24) is 9.80 Å². The van der Waals surface area contributed by atoms with E-state index in [2.05, 4.69) is 58.8 Å². The van der Waals surface area contributed by atoms with Crippen LogP contribution in [0.4, 0.5) is 0 Å². The van der Waals surface area contributed by atoms with Gasteiger partial charge in [0.1, 0.15) is 6.10 Å². The van der Waals surface area contributed by atoms with Gasteiger partial charge in [0.25, 0.3) is 0 Å². The molecular formula is C31H50N2O4. The second-order valence-corrected chi connectivity index (χ2v) is 14.6. The highest BCUT2D eigenvalue weighted by molar-refractivity contribution is 5.73. The molecule has 0 aromatic heterocycles. The average Bonchev–Trinajstić information content (AvgIpc) is 3.41. The number of aliphatic hydroxyl groups excluding tert-OH is 1. The molecule has 0 heterocycles. The number of rotatable bonds is 5. The van der Waals surface area contributed by atoms with Gasteiger partial charge in [-0.25, -0.2) is 0 Å². The Labute approximate surface area is 224 Å². The maximum Gasteiger partial charge on any atom is 0.302 e. The van der Waals surface area contributed by atoms with Crippen LogP contribution < -0.4 is 0 Å². The average molecular weight is 515 g/mol. The number of amides is 1. The Balaban J connectivity index is 1.57.